The Balaban J connectivity index is 1.47. The van der Waals surface area contributed by atoms with E-state index in [0.29, 0.717) is 19.6 Å². The summed E-state index contributed by atoms with van der Waals surface area (Å²) in [6, 6.07) is 8.28. The van der Waals surface area contributed by atoms with E-state index in [1.165, 1.54) is 5.56 Å². The number of aromatic nitrogens is 2. The number of nitrogens with zero attached hydrogens (tertiary/aromatic N) is 4. The summed E-state index contributed by atoms with van der Waals surface area (Å²) in [5.74, 6) is 1.29. The minimum atomic E-state index is 0.0741. The summed E-state index contributed by atoms with van der Waals surface area (Å²) in [4.78, 5) is 33.4. The van der Waals surface area contributed by atoms with Crippen LogP contribution in [0.2, 0.25) is 0 Å². The Kier molecular flexibility index (Phi) is 8.25. The molecule has 7 heteroatoms. The molecule has 0 radical (unpaired) electrons. The van der Waals surface area contributed by atoms with Crippen molar-refractivity contribution in [3.63, 3.8) is 0 Å². The number of hydrogen-bond donors (Lipinski definition) is 0. The van der Waals surface area contributed by atoms with Gasteiger partial charge in [-0.05, 0) is 55.6 Å². The number of likely N-dealkylation sites (tertiary alicyclic amines) is 1. The van der Waals surface area contributed by atoms with Crippen LogP contribution in [-0.2, 0) is 22.6 Å². The molecular weight excluding hydrogens is 428 g/mol. The largest absolute Gasteiger partial charge is 0.491 e. The van der Waals surface area contributed by atoms with Gasteiger partial charge >= 0.3 is 0 Å². The molecule has 0 atom stereocenters. The number of amides is 2. The molecule has 1 aromatic heterocycles. The van der Waals surface area contributed by atoms with E-state index in [1.54, 1.807) is 19.4 Å². The van der Waals surface area contributed by atoms with Crippen molar-refractivity contribution in [1.29, 1.82) is 0 Å². The van der Waals surface area contributed by atoms with E-state index in [0.717, 1.165) is 76.9 Å². The van der Waals surface area contributed by atoms with Crippen molar-refractivity contribution in [3.8, 4) is 5.75 Å². The van der Waals surface area contributed by atoms with Crippen LogP contribution in [0, 0.1) is 5.41 Å². The number of benzene rings is 1. The Bertz CT molecular complexity index is 935. The number of piperidine rings is 1. The fourth-order valence-corrected chi connectivity index (χ4v) is 5.40. The van der Waals surface area contributed by atoms with Crippen LogP contribution in [0.25, 0.3) is 0 Å². The van der Waals surface area contributed by atoms with Crippen molar-refractivity contribution in [2.75, 3.05) is 32.8 Å². The van der Waals surface area contributed by atoms with Crippen LogP contribution in [0.3, 0.4) is 0 Å². The SMILES string of the molecule is CC(=O)N1CCC2(CCCCc3ccccc3OCCN(C(=O)CCCn3ccnc3)C2)CC1. The normalized spacial score (nSPS) is 19.0. The molecule has 184 valence electrons. The summed E-state index contributed by atoms with van der Waals surface area (Å²) >= 11 is 0. The van der Waals surface area contributed by atoms with Gasteiger partial charge in [-0.2, -0.15) is 0 Å². The van der Waals surface area contributed by atoms with Crippen LogP contribution >= 0.6 is 0 Å². The third kappa shape index (κ3) is 6.39. The number of carbonyl (C=O) groups is 2. The summed E-state index contributed by atoms with van der Waals surface area (Å²) in [6.45, 7) is 5.88. The van der Waals surface area contributed by atoms with Crippen LogP contribution in [0.4, 0.5) is 0 Å². The average Bonchev–Trinajstić information content (AvgIpc) is 3.35. The van der Waals surface area contributed by atoms with E-state index < -0.39 is 0 Å². The third-order valence-electron chi connectivity index (χ3n) is 7.51. The summed E-state index contributed by atoms with van der Waals surface area (Å²) in [5.41, 5.74) is 1.33. The maximum absolute atomic E-state index is 13.4. The lowest BCUT2D eigenvalue weighted by molar-refractivity contribution is -0.137. The average molecular weight is 467 g/mol. The minimum absolute atomic E-state index is 0.0741. The van der Waals surface area contributed by atoms with Gasteiger partial charge in [0, 0.05) is 51.9 Å². The fraction of sp³-hybridized carbons (Fsp3) is 0.593. The highest BCUT2D eigenvalue weighted by molar-refractivity contribution is 5.76. The Morgan fingerprint density at radius 2 is 1.88 bits per heavy atom. The third-order valence-corrected chi connectivity index (χ3v) is 7.51. The first-order valence-corrected chi connectivity index (χ1v) is 12.7. The molecule has 0 unspecified atom stereocenters. The molecule has 3 heterocycles. The molecule has 2 aliphatic rings. The van der Waals surface area contributed by atoms with E-state index in [4.69, 9.17) is 4.74 Å². The van der Waals surface area contributed by atoms with Crippen LogP contribution in [0.15, 0.2) is 43.0 Å². The molecule has 2 aliphatic heterocycles. The number of ether oxygens (including phenoxy) is 1. The molecule has 0 bridgehead atoms. The van der Waals surface area contributed by atoms with Gasteiger partial charge in [-0.15, -0.1) is 0 Å². The maximum Gasteiger partial charge on any atom is 0.222 e. The van der Waals surface area contributed by atoms with Crippen LogP contribution in [0.5, 0.6) is 5.75 Å². The van der Waals surface area contributed by atoms with Gasteiger partial charge in [0.25, 0.3) is 0 Å². The van der Waals surface area contributed by atoms with Crippen molar-refractivity contribution in [1.82, 2.24) is 19.4 Å². The molecule has 1 spiro atoms. The first-order chi connectivity index (χ1) is 16.5. The Labute approximate surface area is 203 Å². The second-order valence-electron chi connectivity index (χ2n) is 9.89. The molecular formula is C27H38N4O3. The fourth-order valence-electron chi connectivity index (χ4n) is 5.40. The number of carbonyl (C=O) groups excluding carboxylic acids is 2. The molecule has 0 aliphatic carbocycles. The summed E-state index contributed by atoms with van der Waals surface area (Å²) in [5, 5.41) is 0. The molecule has 4 rings (SSSR count). The topological polar surface area (TPSA) is 67.7 Å². The molecule has 2 aromatic rings. The quantitative estimate of drug-likeness (QED) is 0.685. The standard InChI is InChI=1S/C27H38N4O3/c1-23(32)30-16-12-27(13-17-30)11-5-4-8-24-7-2-3-9-25(24)34-20-19-31(21-27)26(33)10-6-15-29-18-14-28-22-29/h2-3,7,9,14,18,22H,4-6,8,10-13,15-17,19-21H2,1H3. The predicted octanol–water partition coefficient (Wildman–Crippen LogP) is 3.93. The number of rotatable bonds is 4. The molecule has 0 N–H and O–H groups in total. The molecule has 1 fully saturated rings. The van der Waals surface area contributed by atoms with Crippen molar-refractivity contribution < 1.29 is 14.3 Å². The maximum atomic E-state index is 13.4. The lowest BCUT2D eigenvalue weighted by Gasteiger charge is -2.44. The number of fused-ring (bicyclic) bond motifs is 1. The monoisotopic (exact) mass is 466 g/mol. The van der Waals surface area contributed by atoms with Crippen LogP contribution in [0.1, 0.15) is 57.4 Å². The van der Waals surface area contributed by atoms with E-state index in [-0.39, 0.29) is 17.2 Å². The van der Waals surface area contributed by atoms with E-state index in [9.17, 15) is 9.59 Å². The second-order valence-corrected chi connectivity index (χ2v) is 9.89. The van der Waals surface area contributed by atoms with E-state index >= 15 is 0 Å². The molecule has 34 heavy (non-hydrogen) atoms. The Morgan fingerprint density at radius 1 is 1.06 bits per heavy atom. The van der Waals surface area contributed by atoms with E-state index in [1.807, 2.05) is 32.7 Å². The van der Waals surface area contributed by atoms with Gasteiger partial charge in [-0.3, -0.25) is 9.59 Å². The summed E-state index contributed by atoms with van der Waals surface area (Å²) < 4.78 is 8.19. The molecule has 0 saturated carbocycles. The lowest BCUT2D eigenvalue weighted by Crippen LogP contribution is -2.49. The number of para-hydroxylation sites is 1. The van der Waals surface area contributed by atoms with Gasteiger partial charge in [0.2, 0.25) is 11.8 Å². The number of hydrogen-bond acceptors (Lipinski definition) is 4. The highest BCUT2D eigenvalue weighted by Gasteiger charge is 2.37. The van der Waals surface area contributed by atoms with Gasteiger partial charge in [-0.1, -0.05) is 24.6 Å². The van der Waals surface area contributed by atoms with Gasteiger partial charge in [0.1, 0.15) is 12.4 Å². The smallest absolute Gasteiger partial charge is 0.222 e. The zero-order chi connectivity index (χ0) is 23.8. The van der Waals surface area contributed by atoms with Gasteiger partial charge < -0.3 is 19.1 Å². The predicted molar refractivity (Wildman–Crippen MR) is 131 cm³/mol. The first-order valence-electron chi connectivity index (χ1n) is 12.7. The van der Waals surface area contributed by atoms with Gasteiger partial charge in [0.15, 0.2) is 0 Å². The number of imidazole rings is 1. The lowest BCUT2D eigenvalue weighted by atomic mass is 9.73. The van der Waals surface area contributed by atoms with Crippen LogP contribution in [-0.4, -0.2) is 64.0 Å². The van der Waals surface area contributed by atoms with Gasteiger partial charge in [-0.25, -0.2) is 4.98 Å². The molecule has 2 amide bonds. The summed E-state index contributed by atoms with van der Waals surface area (Å²) in [7, 11) is 0. The van der Waals surface area contributed by atoms with Crippen LogP contribution < -0.4 is 4.74 Å². The van der Waals surface area contributed by atoms with E-state index in [2.05, 4.69) is 17.1 Å². The minimum Gasteiger partial charge on any atom is -0.491 e. The zero-order valence-electron chi connectivity index (χ0n) is 20.5. The highest BCUT2D eigenvalue weighted by atomic mass is 16.5. The first kappa shape index (κ1) is 24.3. The molecule has 7 nitrogen and oxygen atoms in total. The van der Waals surface area contributed by atoms with Gasteiger partial charge in [0.05, 0.1) is 12.9 Å². The second kappa shape index (κ2) is 11.5. The summed E-state index contributed by atoms with van der Waals surface area (Å²) in [6.07, 6.45) is 13.1. The number of aryl methyl sites for hydroxylation is 2. The molecule has 1 saturated heterocycles. The van der Waals surface area contributed by atoms with Crippen molar-refractivity contribution >= 4 is 11.8 Å². The van der Waals surface area contributed by atoms with Crippen molar-refractivity contribution in [3.05, 3.63) is 48.5 Å². The van der Waals surface area contributed by atoms with Crippen molar-refractivity contribution in [2.24, 2.45) is 5.41 Å². The Morgan fingerprint density at radius 3 is 2.65 bits per heavy atom. The zero-order valence-corrected chi connectivity index (χ0v) is 20.5. The van der Waals surface area contributed by atoms with Crippen molar-refractivity contribution in [2.45, 2.75) is 64.8 Å². The Hall–Kier alpha value is -2.83. The highest BCUT2D eigenvalue weighted by Crippen LogP contribution is 2.38. The molecule has 1 aromatic carbocycles.